The van der Waals surface area contributed by atoms with Gasteiger partial charge >= 0.3 is 12.8 Å². The highest BCUT2D eigenvalue weighted by molar-refractivity contribution is 7.80. The lowest BCUT2D eigenvalue weighted by atomic mass is 9.61. The summed E-state index contributed by atoms with van der Waals surface area (Å²) in [4.78, 5) is 14.8. The lowest BCUT2D eigenvalue weighted by Gasteiger charge is -2.46. The molecule has 1 saturated heterocycles. The third-order valence-corrected chi connectivity index (χ3v) is 7.00. The number of fused-ring (bicyclic) bond motifs is 3. The zero-order valence-electron chi connectivity index (χ0n) is 16.6. The van der Waals surface area contributed by atoms with E-state index in [-0.39, 0.29) is 16.8 Å². The van der Waals surface area contributed by atoms with Crippen molar-refractivity contribution in [2.24, 2.45) is 5.41 Å². The fourth-order valence-electron chi connectivity index (χ4n) is 5.26. The molecular formula is C20H21F5N2O3S. The van der Waals surface area contributed by atoms with Crippen LogP contribution in [-0.4, -0.2) is 48.5 Å². The predicted octanol–water partition coefficient (Wildman–Crippen LogP) is 3.89. The molecule has 170 valence electrons. The van der Waals surface area contributed by atoms with E-state index < -0.39 is 36.5 Å². The fourth-order valence-corrected chi connectivity index (χ4v) is 5.49. The second kappa shape index (κ2) is 7.54. The Bertz CT molecular complexity index is 901. The minimum atomic E-state index is -4.50. The maximum atomic E-state index is 13.5. The van der Waals surface area contributed by atoms with E-state index >= 15 is 0 Å². The van der Waals surface area contributed by atoms with E-state index in [9.17, 15) is 26.7 Å². The number of alkyl halides is 5. The summed E-state index contributed by atoms with van der Waals surface area (Å²) >= 11 is 5.31. The summed E-state index contributed by atoms with van der Waals surface area (Å²) in [7, 11) is 1.54. The van der Waals surface area contributed by atoms with Crippen LogP contribution in [0.5, 0.6) is 5.75 Å². The highest BCUT2D eigenvalue weighted by Crippen LogP contribution is 2.60. The van der Waals surface area contributed by atoms with Crippen LogP contribution >= 0.6 is 12.2 Å². The molecule has 1 aromatic carbocycles. The van der Waals surface area contributed by atoms with Gasteiger partial charge in [0.15, 0.2) is 17.3 Å². The molecule has 4 rings (SSSR count). The van der Waals surface area contributed by atoms with Gasteiger partial charge in [-0.3, -0.25) is 9.69 Å². The molecule has 2 fully saturated rings. The summed E-state index contributed by atoms with van der Waals surface area (Å²) in [6.45, 7) is -4.32. The number of nitrogens with zero attached hydrogens (tertiary/aromatic N) is 1. The molecule has 0 bridgehead atoms. The first-order valence-electron chi connectivity index (χ1n) is 9.84. The Kier molecular flexibility index (Phi) is 5.40. The summed E-state index contributed by atoms with van der Waals surface area (Å²) in [5.41, 5.74) is -0.614. The molecule has 2 aliphatic carbocycles. The molecule has 1 heterocycles. The van der Waals surface area contributed by atoms with Gasteiger partial charge in [-0.15, -0.1) is 0 Å². The van der Waals surface area contributed by atoms with E-state index in [0.29, 0.717) is 37.7 Å². The van der Waals surface area contributed by atoms with Crippen LogP contribution in [0.4, 0.5) is 22.0 Å². The Morgan fingerprint density at radius 2 is 1.97 bits per heavy atom. The Hall–Kier alpha value is -2.01. The number of halogens is 5. The largest absolute Gasteiger partial charge is 0.484 e. The monoisotopic (exact) mass is 464 g/mol. The van der Waals surface area contributed by atoms with E-state index in [0.717, 1.165) is 5.56 Å². The summed E-state index contributed by atoms with van der Waals surface area (Å²) in [5, 5.41) is 3.35. The van der Waals surface area contributed by atoms with Crippen LogP contribution in [0.15, 0.2) is 18.2 Å². The fraction of sp³-hybridized carbons (Fsp3) is 0.600. The highest BCUT2D eigenvalue weighted by Gasteiger charge is 2.66. The van der Waals surface area contributed by atoms with Crippen molar-refractivity contribution in [1.82, 2.24) is 10.2 Å². The quantitative estimate of drug-likeness (QED) is 0.541. The molecule has 1 amide bonds. The number of likely N-dealkylation sites (N-methyl/N-ethyl adjacent to an activating group) is 1. The lowest BCUT2D eigenvalue weighted by Crippen LogP contribution is -2.56. The third kappa shape index (κ3) is 3.65. The molecule has 31 heavy (non-hydrogen) atoms. The van der Waals surface area contributed by atoms with Gasteiger partial charge in [-0.1, -0.05) is 6.07 Å². The van der Waals surface area contributed by atoms with Gasteiger partial charge in [0, 0.05) is 12.5 Å². The number of rotatable bonds is 4. The zero-order valence-corrected chi connectivity index (χ0v) is 17.4. The Morgan fingerprint density at radius 3 is 2.52 bits per heavy atom. The first-order chi connectivity index (χ1) is 14.5. The van der Waals surface area contributed by atoms with Crippen LogP contribution in [0.2, 0.25) is 0 Å². The molecule has 2 spiro atoms. The van der Waals surface area contributed by atoms with Crippen LogP contribution in [0.25, 0.3) is 0 Å². The number of ether oxygens (including phenoxy) is 2. The SMILES string of the molecule is CN1C(=O)C2(NC1=S)c1cc(OCC(F)(F)F)ccc1CC21CCC(OC(F)F)CC1. The lowest BCUT2D eigenvalue weighted by molar-refractivity contribution is -0.179. The number of hydrogen-bond acceptors (Lipinski definition) is 4. The third-order valence-electron chi connectivity index (χ3n) is 6.62. The average Bonchev–Trinajstić information content (AvgIpc) is 3.08. The summed E-state index contributed by atoms with van der Waals surface area (Å²) in [5.74, 6) is -0.310. The number of thiocarbonyl (C=S) groups is 1. The van der Waals surface area contributed by atoms with Gasteiger partial charge in [-0.2, -0.15) is 22.0 Å². The van der Waals surface area contributed by atoms with E-state index in [2.05, 4.69) is 10.1 Å². The second-order valence-corrected chi connectivity index (χ2v) is 8.71. The van der Waals surface area contributed by atoms with Gasteiger partial charge in [0.25, 0.3) is 5.91 Å². The Morgan fingerprint density at radius 1 is 1.29 bits per heavy atom. The topological polar surface area (TPSA) is 50.8 Å². The molecule has 1 unspecified atom stereocenters. The summed E-state index contributed by atoms with van der Waals surface area (Å²) < 4.78 is 72.7. The van der Waals surface area contributed by atoms with Crippen LogP contribution in [0.3, 0.4) is 0 Å². The number of carbonyl (C=O) groups is 1. The van der Waals surface area contributed by atoms with E-state index in [1.54, 1.807) is 6.07 Å². The van der Waals surface area contributed by atoms with Crippen molar-refractivity contribution in [3.63, 3.8) is 0 Å². The first-order valence-corrected chi connectivity index (χ1v) is 10.3. The van der Waals surface area contributed by atoms with Crippen molar-refractivity contribution in [1.29, 1.82) is 0 Å². The number of benzene rings is 1. The zero-order chi connectivity index (χ0) is 22.6. The maximum Gasteiger partial charge on any atom is 0.422 e. The summed E-state index contributed by atoms with van der Waals surface area (Å²) in [6, 6.07) is 4.57. The highest BCUT2D eigenvalue weighted by atomic mass is 32.1. The molecule has 0 radical (unpaired) electrons. The predicted molar refractivity (Wildman–Crippen MR) is 104 cm³/mol. The van der Waals surface area contributed by atoms with Gasteiger partial charge in [0.2, 0.25) is 0 Å². The number of hydrogen-bond donors (Lipinski definition) is 1. The number of nitrogens with one attached hydrogen (secondary N) is 1. The van der Waals surface area contributed by atoms with Crippen LogP contribution in [0, 0.1) is 5.41 Å². The number of amides is 1. The van der Waals surface area contributed by atoms with Crippen molar-refractivity contribution >= 4 is 23.2 Å². The van der Waals surface area contributed by atoms with Crippen LogP contribution in [0.1, 0.15) is 36.8 Å². The van der Waals surface area contributed by atoms with Crippen molar-refractivity contribution < 1.29 is 36.2 Å². The van der Waals surface area contributed by atoms with Crippen molar-refractivity contribution in [2.45, 2.75) is 56.5 Å². The molecular weight excluding hydrogens is 443 g/mol. The van der Waals surface area contributed by atoms with E-state index in [1.165, 1.54) is 24.1 Å². The second-order valence-electron chi connectivity index (χ2n) is 8.32. The van der Waals surface area contributed by atoms with Gasteiger partial charge in [-0.25, -0.2) is 0 Å². The molecule has 5 nitrogen and oxygen atoms in total. The smallest absolute Gasteiger partial charge is 0.422 e. The van der Waals surface area contributed by atoms with E-state index in [4.69, 9.17) is 17.0 Å². The molecule has 3 aliphatic rings. The molecule has 1 atom stereocenters. The maximum absolute atomic E-state index is 13.5. The molecule has 1 N–H and O–H groups in total. The molecule has 1 saturated carbocycles. The normalized spacial score (nSPS) is 30.4. The van der Waals surface area contributed by atoms with Gasteiger partial charge in [-0.05, 0) is 67.6 Å². The first kappa shape index (κ1) is 22.2. The van der Waals surface area contributed by atoms with Crippen molar-refractivity contribution in [3.05, 3.63) is 29.3 Å². The van der Waals surface area contributed by atoms with Crippen LogP contribution in [-0.2, 0) is 21.5 Å². The van der Waals surface area contributed by atoms with Gasteiger partial charge < -0.3 is 14.8 Å². The van der Waals surface area contributed by atoms with Crippen molar-refractivity contribution in [2.75, 3.05) is 13.7 Å². The van der Waals surface area contributed by atoms with Crippen LogP contribution < -0.4 is 10.1 Å². The van der Waals surface area contributed by atoms with Gasteiger partial charge in [0.1, 0.15) is 5.75 Å². The summed E-state index contributed by atoms with van der Waals surface area (Å²) in [6.07, 6.45) is -3.12. The van der Waals surface area contributed by atoms with E-state index in [1.807, 2.05) is 0 Å². The molecule has 1 aliphatic heterocycles. The minimum Gasteiger partial charge on any atom is -0.484 e. The van der Waals surface area contributed by atoms with Gasteiger partial charge in [0.05, 0.1) is 6.10 Å². The molecule has 1 aromatic rings. The molecule has 0 aromatic heterocycles. The van der Waals surface area contributed by atoms with Crippen molar-refractivity contribution in [3.8, 4) is 5.75 Å². The Balaban J connectivity index is 1.71. The molecule has 11 heteroatoms. The standard InChI is InChI=1S/C20H21F5N2O3S/c1-27-15(28)20(26-17(27)31)14-8-13(29-10-19(23,24)25)3-2-11(14)9-18(20)6-4-12(5-7-18)30-16(21)22/h2-3,8,12,16H,4-7,9-10H2,1H3,(H,26,31). The minimum absolute atomic E-state index is 0.00251. The Labute approximate surface area is 180 Å². The number of carbonyl (C=O) groups excluding carboxylic acids is 1. The average molecular weight is 464 g/mol.